The molecule has 34 heavy (non-hydrogen) atoms. The molecule has 1 atom stereocenters. The fraction of sp³-hybridized carbons (Fsp3) is 0.393. The Morgan fingerprint density at radius 2 is 1.88 bits per heavy atom. The molecule has 0 aliphatic heterocycles. The van der Waals surface area contributed by atoms with Crippen LogP contribution in [0.4, 0.5) is 5.69 Å². The molecule has 1 amide bonds. The number of carbonyl (C=O) groups is 2. The number of nitriles is 1. The second kappa shape index (κ2) is 12.6. The van der Waals surface area contributed by atoms with E-state index in [0.29, 0.717) is 24.3 Å². The van der Waals surface area contributed by atoms with Gasteiger partial charge >= 0.3 is 5.97 Å². The number of benzene rings is 2. The van der Waals surface area contributed by atoms with Crippen LogP contribution in [0.3, 0.4) is 0 Å². The molecule has 6 heteroatoms. The van der Waals surface area contributed by atoms with Gasteiger partial charge in [-0.25, -0.2) is 4.79 Å². The molecule has 1 aliphatic carbocycles. The number of ether oxygens (including phenoxy) is 1. The normalized spacial score (nSPS) is 13.9. The summed E-state index contributed by atoms with van der Waals surface area (Å²) in [5, 5.41) is 15.5. The molecular weight excluding hydrogens is 426 g/mol. The first-order chi connectivity index (χ1) is 16.6. The molecule has 0 saturated carbocycles. The van der Waals surface area contributed by atoms with Crippen molar-refractivity contribution < 1.29 is 14.3 Å². The minimum absolute atomic E-state index is 0.0643. The van der Waals surface area contributed by atoms with Crippen molar-refractivity contribution in [1.29, 1.82) is 5.26 Å². The SMILES string of the molecule is CCCCOC(=O)c1ccccc1N/C=C(/C#N)C(=O)NC(CC)c1ccc2c(c1)CCCC2. The Hall–Kier alpha value is -3.59. The summed E-state index contributed by atoms with van der Waals surface area (Å²) >= 11 is 0. The number of hydrogen-bond acceptors (Lipinski definition) is 5. The Bertz CT molecular complexity index is 1080. The number of carbonyl (C=O) groups excluding carboxylic acids is 2. The molecule has 0 bridgehead atoms. The molecule has 2 aromatic carbocycles. The molecule has 1 unspecified atom stereocenters. The van der Waals surface area contributed by atoms with Crippen molar-refractivity contribution in [1.82, 2.24) is 5.32 Å². The van der Waals surface area contributed by atoms with E-state index in [1.807, 2.05) is 19.9 Å². The van der Waals surface area contributed by atoms with Gasteiger partial charge in [0.2, 0.25) is 0 Å². The second-order valence-corrected chi connectivity index (χ2v) is 8.52. The minimum atomic E-state index is -0.456. The summed E-state index contributed by atoms with van der Waals surface area (Å²) in [6, 6.07) is 15.1. The lowest BCUT2D eigenvalue weighted by molar-refractivity contribution is -0.117. The highest BCUT2D eigenvalue weighted by atomic mass is 16.5. The molecule has 0 aromatic heterocycles. The van der Waals surface area contributed by atoms with Crippen molar-refractivity contribution in [3.05, 3.63) is 76.5 Å². The molecule has 1 aliphatic rings. The monoisotopic (exact) mass is 459 g/mol. The molecule has 178 valence electrons. The van der Waals surface area contributed by atoms with Crippen LogP contribution in [0.2, 0.25) is 0 Å². The van der Waals surface area contributed by atoms with Crippen LogP contribution in [0.1, 0.15) is 79.0 Å². The summed E-state index contributed by atoms with van der Waals surface area (Å²) in [7, 11) is 0. The number of fused-ring (bicyclic) bond motifs is 1. The maximum atomic E-state index is 12.9. The van der Waals surface area contributed by atoms with Gasteiger partial charge in [0.25, 0.3) is 5.91 Å². The number of rotatable bonds is 10. The van der Waals surface area contributed by atoms with E-state index in [1.165, 1.54) is 30.2 Å². The van der Waals surface area contributed by atoms with E-state index in [4.69, 9.17) is 4.74 Å². The number of aryl methyl sites for hydroxylation is 2. The first kappa shape index (κ1) is 25.0. The van der Waals surface area contributed by atoms with Crippen LogP contribution < -0.4 is 10.6 Å². The van der Waals surface area contributed by atoms with Gasteiger partial charge in [-0.15, -0.1) is 0 Å². The van der Waals surface area contributed by atoms with Gasteiger partial charge in [-0.05, 0) is 67.3 Å². The molecule has 3 rings (SSSR count). The molecule has 2 N–H and O–H groups in total. The highest BCUT2D eigenvalue weighted by molar-refractivity contribution is 5.99. The van der Waals surface area contributed by atoms with Crippen molar-refractivity contribution >= 4 is 17.6 Å². The molecule has 0 radical (unpaired) electrons. The number of unbranched alkanes of at least 4 members (excludes halogenated alkanes) is 1. The fourth-order valence-corrected chi connectivity index (χ4v) is 4.10. The topological polar surface area (TPSA) is 91.2 Å². The predicted octanol–water partition coefficient (Wildman–Crippen LogP) is 5.61. The van der Waals surface area contributed by atoms with Crippen molar-refractivity contribution in [3.63, 3.8) is 0 Å². The van der Waals surface area contributed by atoms with Crippen LogP contribution in [0, 0.1) is 11.3 Å². The van der Waals surface area contributed by atoms with Crippen molar-refractivity contribution in [2.45, 2.75) is 64.8 Å². The number of amides is 1. The van der Waals surface area contributed by atoms with Gasteiger partial charge in [-0.3, -0.25) is 4.79 Å². The Kier molecular flexibility index (Phi) is 9.28. The van der Waals surface area contributed by atoms with E-state index < -0.39 is 11.9 Å². The number of para-hydroxylation sites is 1. The van der Waals surface area contributed by atoms with E-state index >= 15 is 0 Å². The summed E-state index contributed by atoms with van der Waals surface area (Å²) in [6.45, 7) is 4.39. The lowest BCUT2D eigenvalue weighted by Gasteiger charge is -2.21. The molecule has 2 aromatic rings. The summed E-state index contributed by atoms with van der Waals surface area (Å²) in [6.07, 6.45) is 8.38. The zero-order valence-electron chi connectivity index (χ0n) is 20.0. The van der Waals surface area contributed by atoms with Gasteiger partial charge in [0.05, 0.1) is 23.9 Å². The lowest BCUT2D eigenvalue weighted by Crippen LogP contribution is -2.29. The Morgan fingerprint density at radius 1 is 1.12 bits per heavy atom. The summed E-state index contributed by atoms with van der Waals surface area (Å²) in [5.41, 5.74) is 4.58. The smallest absolute Gasteiger partial charge is 0.340 e. The van der Waals surface area contributed by atoms with Crippen LogP contribution >= 0.6 is 0 Å². The number of nitrogens with one attached hydrogen (secondary N) is 2. The predicted molar refractivity (Wildman–Crippen MR) is 133 cm³/mol. The first-order valence-electron chi connectivity index (χ1n) is 12.1. The zero-order chi connectivity index (χ0) is 24.3. The maximum absolute atomic E-state index is 12.9. The van der Waals surface area contributed by atoms with Crippen molar-refractivity contribution in [2.24, 2.45) is 0 Å². The molecule has 0 spiro atoms. The molecular formula is C28H33N3O3. The zero-order valence-corrected chi connectivity index (χ0v) is 20.0. The third-order valence-electron chi connectivity index (χ3n) is 6.10. The van der Waals surface area contributed by atoms with E-state index in [2.05, 4.69) is 28.8 Å². The average Bonchev–Trinajstić information content (AvgIpc) is 2.87. The fourth-order valence-electron chi connectivity index (χ4n) is 4.10. The van der Waals surface area contributed by atoms with Crippen LogP contribution in [-0.2, 0) is 22.4 Å². The summed E-state index contributed by atoms with van der Waals surface area (Å²) < 4.78 is 5.30. The lowest BCUT2D eigenvalue weighted by atomic mass is 9.88. The third-order valence-corrected chi connectivity index (χ3v) is 6.10. The van der Waals surface area contributed by atoms with Crippen LogP contribution in [0.15, 0.2) is 54.2 Å². The van der Waals surface area contributed by atoms with E-state index in [9.17, 15) is 14.9 Å². The first-order valence-corrected chi connectivity index (χ1v) is 12.1. The Balaban J connectivity index is 1.70. The van der Waals surface area contributed by atoms with Gasteiger partial charge in [0.15, 0.2) is 0 Å². The second-order valence-electron chi connectivity index (χ2n) is 8.52. The van der Waals surface area contributed by atoms with Gasteiger partial charge in [-0.1, -0.05) is 50.6 Å². The average molecular weight is 460 g/mol. The molecule has 0 saturated heterocycles. The highest BCUT2D eigenvalue weighted by Gasteiger charge is 2.19. The summed E-state index contributed by atoms with van der Waals surface area (Å²) in [5.74, 6) is -0.895. The van der Waals surface area contributed by atoms with E-state index in [0.717, 1.165) is 31.2 Å². The van der Waals surface area contributed by atoms with Crippen LogP contribution in [0.5, 0.6) is 0 Å². The van der Waals surface area contributed by atoms with Crippen LogP contribution in [-0.4, -0.2) is 18.5 Å². The summed E-state index contributed by atoms with van der Waals surface area (Å²) in [4.78, 5) is 25.3. The molecule has 0 fully saturated rings. The van der Waals surface area contributed by atoms with Crippen molar-refractivity contribution in [2.75, 3.05) is 11.9 Å². The minimum Gasteiger partial charge on any atom is -0.462 e. The Labute approximate surface area is 202 Å². The number of anilines is 1. The van der Waals surface area contributed by atoms with E-state index in [-0.39, 0.29) is 11.6 Å². The maximum Gasteiger partial charge on any atom is 0.340 e. The van der Waals surface area contributed by atoms with Gasteiger partial charge in [0, 0.05) is 6.20 Å². The third kappa shape index (κ3) is 6.48. The van der Waals surface area contributed by atoms with Crippen molar-refractivity contribution in [3.8, 4) is 6.07 Å². The van der Waals surface area contributed by atoms with E-state index in [1.54, 1.807) is 24.3 Å². The molecule has 6 nitrogen and oxygen atoms in total. The van der Waals surface area contributed by atoms with Crippen LogP contribution in [0.25, 0.3) is 0 Å². The highest BCUT2D eigenvalue weighted by Crippen LogP contribution is 2.26. The van der Waals surface area contributed by atoms with Gasteiger partial charge in [-0.2, -0.15) is 5.26 Å². The number of nitrogens with zero attached hydrogens (tertiary/aromatic N) is 1. The standard InChI is InChI=1S/C28H33N3O3/c1-3-5-16-34-28(33)24-12-8-9-13-26(24)30-19-23(18-29)27(32)31-25(4-2)22-15-14-20-10-6-7-11-21(20)17-22/h8-9,12-15,17,19,25,30H,3-7,10-11,16H2,1-2H3,(H,31,32)/b23-19-. The van der Waals surface area contributed by atoms with Gasteiger partial charge < -0.3 is 15.4 Å². The molecule has 0 heterocycles. The number of esters is 1. The van der Waals surface area contributed by atoms with Gasteiger partial charge in [0.1, 0.15) is 11.6 Å². The largest absolute Gasteiger partial charge is 0.462 e. The quantitative estimate of drug-likeness (QED) is 0.209. The Morgan fingerprint density at radius 3 is 2.62 bits per heavy atom. The number of hydrogen-bond donors (Lipinski definition) is 2.